The first-order valence-electron chi connectivity index (χ1n) is 12.1. The van der Waals surface area contributed by atoms with Crippen molar-refractivity contribution in [2.24, 2.45) is 0 Å². The first kappa shape index (κ1) is 28.7. The van der Waals surface area contributed by atoms with Gasteiger partial charge in [0, 0.05) is 0 Å². The van der Waals surface area contributed by atoms with Gasteiger partial charge in [-0.25, -0.2) is 0 Å². The van der Waals surface area contributed by atoms with Gasteiger partial charge in [0.05, 0.1) is 59.5 Å². The molecule has 0 unspecified atom stereocenters. The molecule has 0 atom stereocenters. The van der Waals surface area contributed by atoms with Gasteiger partial charge in [-0.3, -0.25) is 0 Å². The second-order valence-corrected chi connectivity index (χ2v) is 7.66. The zero-order valence-electron chi connectivity index (χ0n) is 19.9. The number of aromatic hydroxyl groups is 1. The lowest BCUT2D eigenvalue weighted by Crippen LogP contribution is -2.14. The van der Waals surface area contributed by atoms with Crippen LogP contribution in [-0.4, -0.2) is 76.3 Å². The average molecular weight is 457 g/mol. The third-order valence-electron chi connectivity index (χ3n) is 4.97. The van der Waals surface area contributed by atoms with Crippen molar-refractivity contribution in [3.05, 3.63) is 23.8 Å². The van der Waals surface area contributed by atoms with Crippen molar-refractivity contribution in [3.8, 4) is 11.5 Å². The molecule has 7 nitrogen and oxygen atoms in total. The number of phenolic OH excluding ortho intramolecular Hbond substituents is 1. The van der Waals surface area contributed by atoms with Gasteiger partial charge in [-0.05, 0) is 24.5 Å². The summed E-state index contributed by atoms with van der Waals surface area (Å²) in [5, 5.41) is 19.0. The number of unbranched alkanes of at least 4 members (excludes halogenated alkanes) is 6. The molecule has 0 saturated heterocycles. The minimum Gasteiger partial charge on any atom is -0.504 e. The molecule has 0 spiro atoms. The highest BCUT2D eigenvalue weighted by Crippen LogP contribution is 2.31. The monoisotopic (exact) mass is 456 g/mol. The maximum absolute atomic E-state index is 10.4. The lowest BCUT2D eigenvalue weighted by molar-refractivity contribution is -0.00784. The maximum Gasteiger partial charge on any atom is 0.161 e. The molecule has 2 N–H and O–H groups in total. The number of para-hydroxylation sites is 1. The van der Waals surface area contributed by atoms with Gasteiger partial charge >= 0.3 is 0 Å². The molecule has 0 aliphatic rings. The van der Waals surface area contributed by atoms with Crippen molar-refractivity contribution in [1.29, 1.82) is 0 Å². The lowest BCUT2D eigenvalue weighted by Gasteiger charge is -2.12. The van der Waals surface area contributed by atoms with Crippen molar-refractivity contribution in [2.45, 2.75) is 58.3 Å². The van der Waals surface area contributed by atoms with Crippen molar-refractivity contribution < 1.29 is 33.9 Å². The van der Waals surface area contributed by atoms with Crippen molar-refractivity contribution >= 4 is 0 Å². The molecule has 1 aromatic rings. The van der Waals surface area contributed by atoms with Crippen LogP contribution in [0, 0.1) is 0 Å². The summed E-state index contributed by atoms with van der Waals surface area (Å²) in [6.45, 7) is 6.35. The van der Waals surface area contributed by atoms with Crippen LogP contribution in [0.25, 0.3) is 0 Å². The average Bonchev–Trinajstić information content (AvgIpc) is 2.80. The Bertz CT molecular complexity index is 539. The molecule has 32 heavy (non-hydrogen) atoms. The van der Waals surface area contributed by atoms with Gasteiger partial charge in [0.15, 0.2) is 11.5 Å². The lowest BCUT2D eigenvalue weighted by atomic mass is 10.0. The van der Waals surface area contributed by atoms with E-state index in [0.717, 1.165) is 18.4 Å². The number of phenols is 1. The minimum atomic E-state index is 0.0288. The summed E-state index contributed by atoms with van der Waals surface area (Å²) in [6.07, 6.45) is 9.69. The molecule has 0 amide bonds. The first-order valence-corrected chi connectivity index (χ1v) is 12.1. The summed E-state index contributed by atoms with van der Waals surface area (Å²) in [6, 6.07) is 5.70. The molecule has 1 rings (SSSR count). The third kappa shape index (κ3) is 15.4. The molecule has 0 radical (unpaired) electrons. The van der Waals surface area contributed by atoms with Gasteiger partial charge in [0.2, 0.25) is 0 Å². The Morgan fingerprint density at radius 1 is 0.656 bits per heavy atom. The van der Waals surface area contributed by atoms with Crippen LogP contribution in [0.15, 0.2) is 18.2 Å². The van der Waals surface area contributed by atoms with Gasteiger partial charge in [0.25, 0.3) is 0 Å². The Labute approximate surface area is 194 Å². The standard InChI is InChI=1S/C25H44O7/c1-2-3-4-5-6-7-8-10-23-11-9-12-24(25(23)27)32-22-21-31-20-19-30-18-17-29-16-15-28-14-13-26/h9,11-12,26-27H,2-8,10,13-22H2,1H3. The molecular formula is C25H44O7. The summed E-state index contributed by atoms with van der Waals surface area (Å²) in [5.41, 5.74) is 0.951. The molecule has 0 heterocycles. The fraction of sp³-hybridized carbons (Fsp3) is 0.760. The third-order valence-corrected chi connectivity index (χ3v) is 4.97. The van der Waals surface area contributed by atoms with Gasteiger partial charge in [0.1, 0.15) is 6.61 Å². The molecule has 186 valence electrons. The second-order valence-electron chi connectivity index (χ2n) is 7.66. The van der Waals surface area contributed by atoms with Gasteiger partial charge in [-0.1, -0.05) is 57.6 Å². The quantitative estimate of drug-likeness (QED) is 0.240. The van der Waals surface area contributed by atoms with Crippen LogP contribution in [0.2, 0.25) is 0 Å². The number of hydrogen-bond acceptors (Lipinski definition) is 7. The number of hydrogen-bond donors (Lipinski definition) is 2. The fourth-order valence-corrected chi connectivity index (χ4v) is 3.20. The molecule has 0 bridgehead atoms. The van der Waals surface area contributed by atoms with Gasteiger partial charge < -0.3 is 33.9 Å². The normalized spacial score (nSPS) is 11.2. The highest BCUT2D eigenvalue weighted by molar-refractivity contribution is 5.45. The maximum atomic E-state index is 10.4. The van der Waals surface area contributed by atoms with Gasteiger partial charge in [-0.2, -0.15) is 0 Å². The predicted octanol–water partition coefficient (Wildman–Crippen LogP) is 4.12. The molecular weight excluding hydrogens is 412 g/mol. The number of aryl methyl sites for hydroxylation is 1. The summed E-state index contributed by atoms with van der Waals surface area (Å²) in [7, 11) is 0. The number of rotatable bonds is 23. The zero-order valence-corrected chi connectivity index (χ0v) is 19.9. The van der Waals surface area contributed by atoms with E-state index in [1.807, 2.05) is 12.1 Å². The summed E-state index contributed by atoms with van der Waals surface area (Å²) in [5.74, 6) is 0.772. The van der Waals surface area contributed by atoms with Crippen LogP contribution in [0.5, 0.6) is 11.5 Å². The van der Waals surface area contributed by atoms with E-state index >= 15 is 0 Å². The van der Waals surface area contributed by atoms with E-state index in [9.17, 15) is 5.11 Å². The topological polar surface area (TPSA) is 86.6 Å². The van der Waals surface area contributed by atoms with Crippen molar-refractivity contribution in [3.63, 3.8) is 0 Å². The summed E-state index contributed by atoms with van der Waals surface area (Å²) < 4.78 is 27.0. The Morgan fingerprint density at radius 3 is 1.78 bits per heavy atom. The number of aliphatic hydroxyl groups is 1. The highest BCUT2D eigenvalue weighted by atomic mass is 16.6. The first-order chi connectivity index (χ1) is 15.8. The zero-order chi connectivity index (χ0) is 23.1. The number of ether oxygens (including phenoxy) is 5. The smallest absolute Gasteiger partial charge is 0.161 e. The van der Waals surface area contributed by atoms with Crippen LogP contribution < -0.4 is 4.74 Å². The molecule has 1 aromatic carbocycles. The highest BCUT2D eigenvalue weighted by Gasteiger charge is 2.08. The molecule has 0 aromatic heterocycles. The summed E-state index contributed by atoms with van der Waals surface area (Å²) >= 11 is 0. The largest absolute Gasteiger partial charge is 0.504 e. The van der Waals surface area contributed by atoms with E-state index in [0.29, 0.717) is 65.2 Å². The Hall–Kier alpha value is -1.38. The van der Waals surface area contributed by atoms with Crippen LogP contribution in [0.3, 0.4) is 0 Å². The Balaban J connectivity index is 2.01. The number of aliphatic hydroxyl groups excluding tert-OH is 1. The van der Waals surface area contributed by atoms with E-state index in [2.05, 4.69) is 6.92 Å². The molecule has 0 aliphatic carbocycles. The van der Waals surface area contributed by atoms with Crippen LogP contribution >= 0.6 is 0 Å². The SMILES string of the molecule is CCCCCCCCCc1cccc(OCCOCCOCCOCCOCCO)c1O. The van der Waals surface area contributed by atoms with Gasteiger partial charge in [-0.15, -0.1) is 0 Å². The van der Waals surface area contributed by atoms with Crippen LogP contribution in [0.4, 0.5) is 0 Å². The molecule has 0 aliphatic heterocycles. The molecule has 0 saturated carbocycles. The predicted molar refractivity (Wildman–Crippen MR) is 126 cm³/mol. The molecule has 0 fully saturated rings. The molecule has 7 heteroatoms. The minimum absolute atomic E-state index is 0.0288. The Kier molecular flexibility index (Phi) is 19.2. The van der Waals surface area contributed by atoms with E-state index in [1.54, 1.807) is 6.07 Å². The summed E-state index contributed by atoms with van der Waals surface area (Å²) in [4.78, 5) is 0. The second kappa shape index (κ2) is 21.5. The van der Waals surface area contributed by atoms with E-state index in [4.69, 9.17) is 28.8 Å². The van der Waals surface area contributed by atoms with E-state index < -0.39 is 0 Å². The van der Waals surface area contributed by atoms with Crippen molar-refractivity contribution in [2.75, 3.05) is 66.1 Å². The van der Waals surface area contributed by atoms with E-state index in [-0.39, 0.29) is 12.4 Å². The Morgan fingerprint density at radius 2 is 1.19 bits per heavy atom. The van der Waals surface area contributed by atoms with E-state index in [1.165, 1.54) is 38.5 Å². The number of benzene rings is 1. The van der Waals surface area contributed by atoms with Crippen LogP contribution in [0.1, 0.15) is 57.4 Å². The van der Waals surface area contributed by atoms with Crippen molar-refractivity contribution in [1.82, 2.24) is 0 Å². The fourth-order valence-electron chi connectivity index (χ4n) is 3.20. The van der Waals surface area contributed by atoms with Crippen LogP contribution in [-0.2, 0) is 25.4 Å².